The molecule has 134 valence electrons. The van der Waals surface area contributed by atoms with E-state index in [4.69, 9.17) is 4.74 Å². The number of nitrogens with one attached hydrogen (secondary N) is 2. The lowest BCUT2D eigenvalue weighted by Gasteiger charge is -2.31. The Balaban J connectivity index is 1.97. The van der Waals surface area contributed by atoms with Crippen molar-refractivity contribution in [3.05, 3.63) is 23.8 Å². The summed E-state index contributed by atoms with van der Waals surface area (Å²) in [7, 11) is 1.51. The first-order valence-electron chi connectivity index (χ1n) is 8.04. The van der Waals surface area contributed by atoms with Crippen molar-refractivity contribution in [1.29, 1.82) is 0 Å². The molecule has 0 radical (unpaired) electrons. The Hall–Kier alpha value is -1.76. The standard InChI is InChI=1S/C17H23F3N2O2/c1-11(23)22-15-8-12(6-7-16(15)24-2)10-21-14-5-3-4-13(9-14)17(18,19)20/h6-8,13-14,21H,3-5,9-10H2,1-2H3,(H,22,23)/t13-,14-/m0/s1. The van der Waals surface area contributed by atoms with E-state index in [1.54, 1.807) is 12.1 Å². The lowest BCUT2D eigenvalue weighted by Crippen LogP contribution is -2.38. The van der Waals surface area contributed by atoms with Crippen LogP contribution in [-0.4, -0.2) is 25.2 Å². The van der Waals surface area contributed by atoms with Crippen molar-refractivity contribution < 1.29 is 22.7 Å². The normalized spacial score (nSPS) is 21.4. The molecule has 2 N–H and O–H groups in total. The Morgan fingerprint density at radius 2 is 2.08 bits per heavy atom. The molecule has 1 aliphatic carbocycles. The first-order chi connectivity index (χ1) is 11.3. The van der Waals surface area contributed by atoms with Crippen LogP contribution in [0.15, 0.2) is 18.2 Å². The number of benzene rings is 1. The summed E-state index contributed by atoms with van der Waals surface area (Å²) in [5.41, 5.74) is 1.44. The Labute approximate surface area is 139 Å². The Bertz CT molecular complexity index is 575. The first kappa shape index (κ1) is 18.6. The molecule has 0 heterocycles. The average Bonchev–Trinajstić information content (AvgIpc) is 2.52. The molecule has 0 spiro atoms. The SMILES string of the molecule is COc1ccc(CN[C@H]2CCC[C@H](C(F)(F)F)C2)cc1NC(C)=O. The van der Waals surface area contributed by atoms with E-state index in [1.807, 2.05) is 6.07 Å². The van der Waals surface area contributed by atoms with Crippen molar-refractivity contribution in [3.63, 3.8) is 0 Å². The van der Waals surface area contributed by atoms with Crippen molar-refractivity contribution in [2.45, 2.75) is 51.4 Å². The number of carbonyl (C=O) groups excluding carboxylic acids is 1. The van der Waals surface area contributed by atoms with Gasteiger partial charge >= 0.3 is 6.18 Å². The average molecular weight is 344 g/mol. The van der Waals surface area contributed by atoms with Crippen molar-refractivity contribution in [2.24, 2.45) is 5.92 Å². The largest absolute Gasteiger partial charge is 0.495 e. The quantitative estimate of drug-likeness (QED) is 0.853. The fraction of sp³-hybridized carbons (Fsp3) is 0.588. The van der Waals surface area contributed by atoms with Gasteiger partial charge in [0, 0.05) is 19.5 Å². The molecule has 2 rings (SSSR count). The smallest absolute Gasteiger partial charge is 0.391 e. The number of halogens is 3. The van der Waals surface area contributed by atoms with E-state index in [9.17, 15) is 18.0 Å². The van der Waals surface area contributed by atoms with Crippen LogP contribution in [0.25, 0.3) is 0 Å². The highest BCUT2D eigenvalue weighted by Gasteiger charge is 2.41. The summed E-state index contributed by atoms with van der Waals surface area (Å²) in [6, 6.07) is 5.21. The second-order valence-electron chi connectivity index (χ2n) is 6.20. The molecule has 0 unspecified atom stereocenters. The summed E-state index contributed by atoms with van der Waals surface area (Å²) in [5, 5.41) is 5.89. The van der Waals surface area contributed by atoms with E-state index in [-0.39, 0.29) is 24.8 Å². The van der Waals surface area contributed by atoms with Gasteiger partial charge in [-0.2, -0.15) is 13.2 Å². The number of rotatable bonds is 5. The summed E-state index contributed by atoms with van der Waals surface area (Å²) in [5.74, 6) is -0.878. The van der Waals surface area contributed by atoms with Gasteiger partial charge in [-0.15, -0.1) is 0 Å². The van der Waals surface area contributed by atoms with Crippen LogP contribution in [0.3, 0.4) is 0 Å². The molecule has 1 aromatic rings. The molecular weight excluding hydrogens is 321 g/mol. The molecule has 0 saturated heterocycles. The molecule has 0 aromatic heterocycles. The summed E-state index contributed by atoms with van der Waals surface area (Å²) in [6.45, 7) is 1.86. The second-order valence-corrected chi connectivity index (χ2v) is 6.20. The van der Waals surface area contributed by atoms with E-state index in [1.165, 1.54) is 14.0 Å². The van der Waals surface area contributed by atoms with Gasteiger partial charge in [-0.05, 0) is 37.0 Å². The number of ether oxygens (including phenoxy) is 1. The summed E-state index contributed by atoms with van der Waals surface area (Å²) >= 11 is 0. The third-order valence-corrected chi connectivity index (χ3v) is 4.31. The Kier molecular flexibility index (Phi) is 6.10. The number of carbonyl (C=O) groups is 1. The van der Waals surface area contributed by atoms with Crippen LogP contribution in [0.1, 0.15) is 38.2 Å². The minimum absolute atomic E-state index is 0.123. The molecule has 1 aromatic carbocycles. The highest BCUT2D eigenvalue weighted by atomic mass is 19.4. The third-order valence-electron chi connectivity index (χ3n) is 4.31. The zero-order valence-corrected chi connectivity index (χ0v) is 13.9. The topological polar surface area (TPSA) is 50.4 Å². The number of alkyl halides is 3. The molecule has 2 atom stereocenters. The number of anilines is 1. The lowest BCUT2D eigenvalue weighted by atomic mass is 9.85. The molecule has 1 amide bonds. The summed E-state index contributed by atoms with van der Waals surface area (Å²) in [6.07, 6.45) is -2.43. The minimum atomic E-state index is -4.11. The van der Waals surface area contributed by atoms with Gasteiger partial charge in [0.05, 0.1) is 18.7 Å². The predicted molar refractivity (Wildman–Crippen MR) is 85.9 cm³/mol. The first-order valence-corrected chi connectivity index (χ1v) is 8.04. The molecule has 7 heteroatoms. The Morgan fingerprint density at radius 3 is 2.71 bits per heavy atom. The van der Waals surface area contributed by atoms with Crippen LogP contribution >= 0.6 is 0 Å². The predicted octanol–water partition coefficient (Wildman–Crippen LogP) is 3.86. The van der Waals surface area contributed by atoms with E-state index in [0.29, 0.717) is 24.4 Å². The molecule has 4 nitrogen and oxygen atoms in total. The Morgan fingerprint density at radius 1 is 1.33 bits per heavy atom. The monoisotopic (exact) mass is 344 g/mol. The van der Waals surface area contributed by atoms with Crippen LogP contribution in [0, 0.1) is 5.92 Å². The highest BCUT2D eigenvalue weighted by Crippen LogP contribution is 2.37. The number of hydrogen-bond acceptors (Lipinski definition) is 3. The van der Waals surface area contributed by atoms with Gasteiger partial charge < -0.3 is 15.4 Å². The van der Waals surface area contributed by atoms with Gasteiger partial charge in [0.1, 0.15) is 5.75 Å². The minimum Gasteiger partial charge on any atom is -0.495 e. The zero-order chi connectivity index (χ0) is 17.7. The number of methoxy groups -OCH3 is 1. The summed E-state index contributed by atoms with van der Waals surface area (Å²) < 4.78 is 43.7. The molecular formula is C17H23F3N2O2. The van der Waals surface area contributed by atoms with Gasteiger partial charge in [-0.1, -0.05) is 12.5 Å². The second kappa shape index (κ2) is 7.88. The van der Waals surface area contributed by atoms with Crippen LogP contribution in [0.5, 0.6) is 5.75 Å². The van der Waals surface area contributed by atoms with Gasteiger partial charge in [0.25, 0.3) is 0 Å². The maximum absolute atomic E-state index is 12.9. The molecule has 1 aliphatic rings. The third kappa shape index (κ3) is 5.12. The van der Waals surface area contributed by atoms with E-state index < -0.39 is 12.1 Å². The van der Waals surface area contributed by atoms with E-state index in [2.05, 4.69) is 10.6 Å². The summed E-state index contributed by atoms with van der Waals surface area (Å²) in [4.78, 5) is 11.2. The van der Waals surface area contributed by atoms with Gasteiger partial charge in [0.15, 0.2) is 0 Å². The van der Waals surface area contributed by atoms with Crippen LogP contribution in [0.4, 0.5) is 18.9 Å². The van der Waals surface area contributed by atoms with E-state index >= 15 is 0 Å². The van der Waals surface area contributed by atoms with Crippen molar-refractivity contribution in [2.75, 3.05) is 12.4 Å². The fourth-order valence-corrected chi connectivity index (χ4v) is 3.09. The fourth-order valence-electron chi connectivity index (χ4n) is 3.09. The molecule has 1 saturated carbocycles. The van der Waals surface area contributed by atoms with Crippen molar-refractivity contribution in [1.82, 2.24) is 5.32 Å². The van der Waals surface area contributed by atoms with Crippen LogP contribution in [0.2, 0.25) is 0 Å². The van der Waals surface area contributed by atoms with Crippen molar-refractivity contribution >= 4 is 11.6 Å². The zero-order valence-electron chi connectivity index (χ0n) is 13.9. The van der Waals surface area contributed by atoms with Crippen molar-refractivity contribution in [3.8, 4) is 5.75 Å². The van der Waals surface area contributed by atoms with Crippen LogP contribution < -0.4 is 15.4 Å². The number of hydrogen-bond donors (Lipinski definition) is 2. The molecule has 24 heavy (non-hydrogen) atoms. The van der Waals surface area contributed by atoms with Gasteiger partial charge in [-0.3, -0.25) is 4.79 Å². The molecule has 0 aliphatic heterocycles. The lowest BCUT2D eigenvalue weighted by molar-refractivity contribution is -0.183. The maximum Gasteiger partial charge on any atom is 0.391 e. The number of amides is 1. The van der Waals surface area contributed by atoms with Gasteiger partial charge in [-0.25, -0.2) is 0 Å². The molecule has 1 fully saturated rings. The van der Waals surface area contributed by atoms with Gasteiger partial charge in [0.2, 0.25) is 5.91 Å². The maximum atomic E-state index is 12.9. The molecule has 0 bridgehead atoms. The van der Waals surface area contributed by atoms with E-state index in [0.717, 1.165) is 12.0 Å². The van der Waals surface area contributed by atoms with Crippen LogP contribution in [-0.2, 0) is 11.3 Å². The highest BCUT2D eigenvalue weighted by molar-refractivity contribution is 5.90.